The van der Waals surface area contributed by atoms with E-state index in [-0.39, 0.29) is 23.0 Å². The number of rotatable bonds is 33. The smallest absolute Gasteiger partial charge is 0.316 e. The molecule has 41 heavy (non-hydrogen) atoms. The molecule has 244 valence electrons. The number of hydrogen-bond donors (Lipinski definition) is 2. The summed E-state index contributed by atoms with van der Waals surface area (Å²) in [4.78, 5) is 33.6. The quantitative estimate of drug-likeness (QED) is 0.0264. The lowest BCUT2D eigenvalue weighted by atomic mass is 10.8. The van der Waals surface area contributed by atoms with Gasteiger partial charge in [-0.25, -0.2) is 9.78 Å². The Morgan fingerprint density at radius 3 is 1.98 bits per heavy atom. The summed E-state index contributed by atoms with van der Waals surface area (Å²) in [6, 6.07) is 0. The van der Waals surface area contributed by atoms with Crippen LogP contribution in [0.2, 0.25) is 0 Å². The lowest BCUT2D eigenvalue weighted by Crippen LogP contribution is -2.07. The molecule has 0 spiro atoms. The Balaban J connectivity index is 3.31. The van der Waals surface area contributed by atoms with Crippen LogP contribution in [-0.4, -0.2) is 125 Å². The zero-order valence-electron chi connectivity index (χ0n) is 22.4. The molecule has 0 amide bonds. The molecule has 0 aliphatic carbocycles. The van der Waals surface area contributed by atoms with Crippen LogP contribution in [-0.2, 0) is 34.9 Å². The highest BCUT2D eigenvalue weighted by Gasteiger charge is 2.06. The van der Waals surface area contributed by atoms with Crippen molar-refractivity contribution in [3.63, 3.8) is 0 Å². The summed E-state index contributed by atoms with van der Waals surface area (Å²) >= 11 is 18.9. The van der Waals surface area contributed by atoms with Gasteiger partial charge in [0.2, 0.25) is 0 Å². The third kappa shape index (κ3) is 37.7. The molecule has 0 heterocycles. The van der Waals surface area contributed by atoms with Crippen molar-refractivity contribution in [1.82, 2.24) is 0 Å². The van der Waals surface area contributed by atoms with Crippen molar-refractivity contribution in [2.24, 2.45) is 0 Å². The molecule has 0 aliphatic heterocycles. The number of thioether (sulfide) groups is 12. The molecule has 0 saturated carbocycles. The average molecular weight is 823 g/mol. The number of ether oxygens (including phenoxy) is 1. The van der Waals surface area contributed by atoms with Crippen molar-refractivity contribution >= 4 is 163 Å². The Bertz CT molecular complexity index is 628. The second kappa shape index (κ2) is 37.8. The minimum Gasteiger partial charge on any atom is -0.454 e. The Hall–Kier alpha value is 3.33. The molecular formula is C20H38O8S13. The van der Waals surface area contributed by atoms with Crippen LogP contribution in [0.5, 0.6) is 0 Å². The van der Waals surface area contributed by atoms with Crippen molar-refractivity contribution in [1.29, 1.82) is 0 Å². The van der Waals surface area contributed by atoms with Gasteiger partial charge in [0.25, 0.3) is 0 Å². The number of hydrogen-bond acceptors (Lipinski definition) is 20. The fourth-order valence-corrected chi connectivity index (χ4v) is 14.8. The van der Waals surface area contributed by atoms with Crippen LogP contribution in [0, 0.1) is 0 Å². The summed E-state index contributed by atoms with van der Waals surface area (Å²) in [6.45, 7) is 0.511. The highest BCUT2D eigenvalue weighted by molar-refractivity contribution is 8.30. The standard InChI is InChI=1S/C20H38O8S13/c21-7-33-13-35-9-26-19(23)5-31-12-30-3-4-41(25)18-39-16-37-15-38-17-40-20(24)6-32-11-29-2-1-27-28-10-36-14-34-8-22/h21-22H,1-18H2. The second-order valence-corrected chi connectivity index (χ2v) is 22.9. The van der Waals surface area contributed by atoms with Crippen LogP contribution in [0.25, 0.3) is 0 Å². The van der Waals surface area contributed by atoms with E-state index in [1.807, 2.05) is 0 Å². The van der Waals surface area contributed by atoms with E-state index in [2.05, 4.69) is 0 Å². The van der Waals surface area contributed by atoms with E-state index in [0.29, 0.717) is 45.9 Å². The lowest BCUT2D eigenvalue weighted by Gasteiger charge is -2.05. The molecule has 0 fully saturated rings. The highest BCUT2D eigenvalue weighted by Crippen LogP contribution is 2.23. The molecule has 0 radical (unpaired) electrons. The van der Waals surface area contributed by atoms with Gasteiger partial charge in [-0.1, -0.05) is 11.8 Å². The van der Waals surface area contributed by atoms with E-state index < -0.39 is 10.8 Å². The molecular weight excluding hydrogens is 785 g/mol. The van der Waals surface area contributed by atoms with E-state index in [1.54, 1.807) is 82.3 Å². The van der Waals surface area contributed by atoms with Gasteiger partial charge in [0.15, 0.2) is 5.12 Å². The predicted octanol–water partition coefficient (Wildman–Crippen LogP) is 6.03. The van der Waals surface area contributed by atoms with Gasteiger partial charge in [-0.3, -0.25) is 13.8 Å². The first-order chi connectivity index (χ1) is 20.1. The SMILES string of the molecule is O=C(CSCSCCS(=O)CSCSCSCSC(=O)CSCSCCOOCSCSCO)OCSCSCO. The van der Waals surface area contributed by atoms with Crippen molar-refractivity contribution in [2.45, 2.75) is 0 Å². The van der Waals surface area contributed by atoms with E-state index >= 15 is 0 Å². The van der Waals surface area contributed by atoms with E-state index in [9.17, 15) is 13.8 Å². The maximum absolute atomic E-state index is 12.1. The van der Waals surface area contributed by atoms with E-state index in [0.717, 1.165) is 42.0 Å². The molecule has 0 aromatic rings. The lowest BCUT2D eigenvalue weighted by molar-refractivity contribution is -0.274. The summed E-state index contributed by atoms with van der Waals surface area (Å²) < 4.78 is 17.2. The largest absolute Gasteiger partial charge is 0.454 e. The van der Waals surface area contributed by atoms with Gasteiger partial charge in [-0.2, -0.15) is 11.8 Å². The minimum absolute atomic E-state index is 0.0732. The Labute approximate surface area is 298 Å². The van der Waals surface area contributed by atoms with E-state index in [1.165, 1.54) is 58.8 Å². The predicted molar refractivity (Wildman–Crippen MR) is 205 cm³/mol. The maximum atomic E-state index is 12.1. The van der Waals surface area contributed by atoms with Crippen LogP contribution >= 0.6 is 141 Å². The monoisotopic (exact) mass is 822 g/mol. The van der Waals surface area contributed by atoms with Crippen LogP contribution in [0.3, 0.4) is 0 Å². The fraction of sp³-hybridized carbons (Fsp3) is 0.900. The Morgan fingerprint density at radius 2 is 1.22 bits per heavy atom. The normalized spacial score (nSPS) is 12.0. The molecule has 0 aromatic heterocycles. The molecule has 0 aromatic carbocycles. The van der Waals surface area contributed by atoms with Crippen molar-refractivity contribution < 1.29 is 38.5 Å². The summed E-state index contributed by atoms with van der Waals surface area (Å²) in [5, 5.41) is 23.8. The van der Waals surface area contributed by atoms with Gasteiger partial charge in [0.1, 0.15) is 11.9 Å². The molecule has 8 nitrogen and oxygen atoms in total. The molecule has 21 heteroatoms. The van der Waals surface area contributed by atoms with Crippen molar-refractivity contribution in [3.8, 4) is 0 Å². The first-order valence-electron chi connectivity index (χ1n) is 11.6. The topological polar surface area (TPSA) is 119 Å². The van der Waals surface area contributed by atoms with E-state index in [4.69, 9.17) is 24.7 Å². The fourth-order valence-electron chi connectivity index (χ4n) is 1.79. The summed E-state index contributed by atoms with van der Waals surface area (Å²) in [5.74, 6) is 3.84. The number of carbonyl (C=O) groups is 2. The van der Waals surface area contributed by atoms with Crippen LogP contribution < -0.4 is 0 Å². The average Bonchev–Trinajstić information content (AvgIpc) is 2.96. The summed E-state index contributed by atoms with van der Waals surface area (Å²) in [7, 11) is -0.842. The van der Waals surface area contributed by atoms with Crippen LogP contribution in [0.15, 0.2) is 0 Å². The highest BCUT2D eigenvalue weighted by atomic mass is 32.3. The number of esters is 1. The number of aliphatic hydroxyl groups is 2. The minimum atomic E-state index is -0.842. The van der Waals surface area contributed by atoms with Crippen molar-refractivity contribution in [3.05, 3.63) is 0 Å². The summed E-state index contributed by atoms with van der Waals surface area (Å²) in [5.41, 5.74) is 0. The number of carbonyl (C=O) groups excluding carboxylic acids is 2. The van der Waals surface area contributed by atoms with Gasteiger partial charge in [0.05, 0.1) is 35.1 Å². The zero-order chi connectivity index (χ0) is 30.1. The van der Waals surface area contributed by atoms with Gasteiger partial charge >= 0.3 is 5.97 Å². The second-order valence-electron chi connectivity index (χ2n) is 6.50. The first-order valence-corrected chi connectivity index (χ1v) is 26.7. The Morgan fingerprint density at radius 1 is 0.610 bits per heavy atom. The zero-order valence-corrected chi connectivity index (χ0v) is 33.0. The van der Waals surface area contributed by atoms with Gasteiger partial charge in [0, 0.05) is 63.7 Å². The van der Waals surface area contributed by atoms with Crippen LogP contribution in [0.4, 0.5) is 0 Å². The number of aliphatic hydroxyl groups excluding tert-OH is 2. The molecule has 0 rings (SSSR count). The first kappa shape index (κ1) is 44.3. The summed E-state index contributed by atoms with van der Waals surface area (Å²) in [6.07, 6.45) is 0. The van der Waals surface area contributed by atoms with Crippen LogP contribution in [0.1, 0.15) is 0 Å². The molecule has 1 atom stereocenters. The maximum Gasteiger partial charge on any atom is 0.316 e. The Kier molecular flexibility index (Phi) is 40.9. The molecule has 0 bridgehead atoms. The van der Waals surface area contributed by atoms with Gasteiger partial charge in [-0.05, 0) is 0 Å². The third-order valence-corrected chi connectivity index (χ3v) is 18.6. The molecule has 0 saturated heterocycles. The van der Waals surface area contributed by atoms with Gasteiger partial charge in [-0.15, -0.1) is 118 Å². The molecule has 1 unspecified atom stereocenters. The van der Waals surface area contributed by atoms with Gasteiger partial charge < -0.3 is 14.9 Å². The molecule has 0 aliphatic rings. The molecule has 2 N–H and O–H groups in total. The van der Waals surface area contributed by atoms with Crippen molar-refractivity contribution in [2.75, 3.05) is 99.8 Å². The third-order valence-electron chi connectivity index (χ3n) is 3.42.